The van der Waals surface area contributed by atoms with E-state index in [0.29, 0.717) is 31.4 Å². The number of halogens is 1. The molecule has 0 aliphatic heterocycles. The van der Waals surface area contributed by atoms with E-state index in [1.807, 2.05) is 0 Å². The van der Waals surface area contributed by atoms with Crippen molar-refractivity contribution >= 4 is 10.0 Å². The third-order valence-corrected chi connectivity index (χ3v) is 4.01. The van der Waals surface area contributed by atoms with E-state index in [2.05, 4.69) is 4.72 Å². The zero-order valence-electron chi connectivity index (χ0n) is 10.2. The lowest BCUT2D eigenvalue weighted by molar-refractivity contribution is 0.574. The van der Waals surface area contributed by atoms with Crippen LogP contribution in [0.3, 0.4) is 0 Å². The summed E-state index contributed by atoms with van der Waals surface area (Å²) in [7, 11) is -3.26. The van der Waals surface area contributed by atoms with Gasteiger partial charge in [0.15, 0.2) is 0 Å². The largest absolute Gasteiger partial charge is 0.330 e. The van der Waals surface area contributed by atoms with Gasteiger partial charge in [0.25, 0.3) is 0 Å². The van der Waals surface area contributed by atoms with Crippen molar-refractivity contribution in [3.05, 3.63) is 35.6 Å². The van der Waals surface area contributed by atoms with Crippen LogP contribution in [0.1, 0.15) is 18.4 Å². The summed E-state index contributed by atoms with van der Waals surface area (Å²) >= 11 is 0. The number of nitrogens with one attached hydrogen (secondary N) is 1. The third-order valence-electron chi connectivity index (χ3n) is 2.54. The molecule has 3 N–H and O–H groups in total. The average Bonchev–Trinajstić information content (AvgIpc) is 2.32. The second kappa shape index (κ2) is 7.45. The van der Waals surface area contributed by atoms with Gasteiger partial charge in [0.2, 0.25) is 10.0 Å². The zero-order chi connectivity index (χ0) is 13.4. The predicted octanol–water partition coefficient (Wildman–Crippen LogP) is 1.03. The molecule has 0 aliphatic rings. The van der Waals surface area contributed by atoms with E-state index >= 15 is 0 Å². The standard InChI is InChI=1S/C12H19FN2O2S/c13-12-6-2-1-5-11(12)7-9-15-18(16,17)10-4-3-8-14/h1-2,5-6,15H,3-4,7-10,14H2. The molecule has 0 aliphatic carbocycles. The minimum Gasteiger partial charge on any atom is -0.330 e. The van der Waals surface area contributed by atoms with E-state index in [0.717, 1.165) is 0 Å². The fraction of sp³-hybridized carbons (Fsp3) is 0.500. The zero-order valence-corrected chi connectivity index (χ0v) is 11.0. The molecule has 0 saturated carbocycles. The Morgan fingerprint density at radius 1 is 1.22 bits per heavy atom. The van der Waals surface area contributed by atoms with Gasteiger partial charge in [0.05, 0.1) is 5.75 Å². The summed E-state index contributed by atoms with van der Waals surface area (Å²) in [5, 5.41) is 0. The van der Waals surface area contributed by atoms with Crippen molar-refractivity contribution in [3.63, 3.8) is 0 Å². The molecule has 1 aromatic rings. The normalized spacial score (nSPS) is 11.7. The number of nitrogens with two attached hydrogens (primary N) is 1. The summed E-state index contributed by atoms with van der Waals surface area (Å²) in [5.41, 5.74) is 5.81. The highest BCUT2D eigenvalue weighted by Gasteiger charge is 2.09. The highest BCUT2D eigenvalue weighted by atomic mass is 32.2. The maximum absolute atomic E-state index is 13.3. The molecule has 0 bridgehead atoms. The second-order valence-electron chi connectivity index (χ2n) is 4.05. The van der Waals surface area contributed by atoms with Crippen molar-refractivity contribution in [3.8, 4) is 0 Å². The average molecular weight is 274 g/mol. The minimum atomic E-state index is -3.26. The molecule has 1 rings (SSSR count). The molecule has 0 heterocycles. The SMILES string of the molecule is NCCCCS(=O)(=O)NCCc1ccccc1F. The lowest BCUT2D eigenvalue weighted by Gasteiger charge is -2.07. The van der Waals surface area contributed by atoms with Crippen molar-refractivity contribution in [1.29, 1.82) is 0 Å². The third kappa shape index (κ3) is 5.57. The van der Waals surface area contributed by atoms with Crippen molar-refractivity contribution in [1.82, 2.24) is 4.72 Å². The van der Waals surface area contributed by atoms with Crippen LogP contribution in [-0.4, -0.2) is 27.3 Å². The summed E-state index contributed by atoms with van der Waals surface area (Å²) in [4.78, 5) is 0. The highest BCUT2D eigenvalue weighted by molar-refractivity contribution is 7.89. The monoisotopic (exact) mass is 274 g/mol. The maximum atomic E-state index is 13.3. The van der Waals surface area contributed by atoms with Gasteiger partial charge in [-0.2, -0.15) is 0 Å². The number of benzene rings is 1. The number of unbranched alkanes of at least 4 members (excludes halogenated alkanes) is 1. The molecule has 0 unspecified atom stereocenters. The van der Waals surface area contributed by atoms with Crippen molar-refractivity contribution in [2.75, 3.05) is 18.8 Å². The van der Waals surface area contributed by atoms with Crippen LogP contribution >= 0.6 is 0 Å². The van der Waals surface area contributed by atoms with Gasteiger partial charge in [0.1, 0.15) is 5.82 Å². The Balaban J connectivity index is 2.35. The molecule has 0 atom stereocenters. The van der Waals surface area contributed by atoms with Crippen LogP contribution in [-0.2, 0) is 16.4 Å². The Hall–Kier alpha value is -0.980. The first-order valence-electron chi connectivity index (χ1n) is 5.96. The van der Waals surface area contributed by atoms with Crippen molar-refractivity contribution in [2.24, 2.45) is 5.73 Å². The van der Waals surface area contributed by atoms with Gasteiger partial charge < -0.3 is 5.73 Å². The molecule has 0 aromatic heterocycles. The predicted molar refractivity (Wildman–Crippen MR) is 70.2 cm³/mol. The molecule has 6 heteroatoms. The smallest absolute Gasteiger partial charge is 0.211 e. The maximum Gasteiger partial charge on any atom is 0.211 e. The summed E-state index contributed by atoms with van der Waals surface area (Å²) < 4.78 is 38.8. The Kier molecular flexibility index (Phi) is 6.24. The molecule has 0 saturated heterocycles. The van der Waals surface area contributed by atoms with Crippen LogP contribution in [0.4, 0.5) is 4.39 Å². The van der Waals surface area contributed by atoms with E-state index in [1.165, 1.54) is 6.07 Å². The molecular formula is C12H19FN2O2S. The van der Waals surface area contributed by atoms with Crippen LogP contribution in [0, 0.1) is 5.82 Å². The molecule has 0 amide bonds. The lowest BCUT2D eigenvalue weighted by Crippen LogP contribution is -2.28. The first-order chi connectivity index (χ1) is 8.55. The van der Waals surface area contributed by atoms with Gasteiger partial charge in [-0.25, -0.2) is 17.5 Å². The molecule has 18 heavy (non-hydrogen) atoms. The van der Waals surface area contributed by atoms with Gasteiger partial charge in [0, 0.05) is 6.54 Å². The number of hydrogen-bond acceptors (Lipinski definition) is 3. The first kappa shape index (κ1) is 15.1. The molecule has 102 valence electrons. The fourth-order valence-corrected chi connectivity index (χ4v) is 2.69. The summed E-state index contributed by atoms with van der Waals surface area (Å²) in [6.07, 6.45) is 1.59. The van der Waals surface area contributed by atoms with Crippen LogP contribution < -0.4 is 10.5 Å². The molecule has 0 fully saturated rings. The molecular weight excluding hydrogens is 255 g/mol. The first-order valence-corrected chi connectivity index (χ1v) is 7.61. The second-order valence-corrected chi connectivity index (χ2v) is 5.98. The Morgan fingerprint density at radius 3 is 2.61 bits per heavy atom. The van der Waals surface area contributed by atoms with E-state index < -0.39 is 10.0 Å². The topological polar surface area (TPSA) is 72.2 Å². The molecule has 0 radical (unpaired) electrons. The summed E-state index contributed by atoms with van der Waals surface area (Å²) in [5.74, 6) is -0.235. The van der Waals surface area contributed by atoms with Crippen molar-refractivity contribution in [2.45, 2.75) is 19.3 Å². The van der Waals surface area contributed by atoms with Gasteiger partial charge in [-0.15, -0.1) is 0 Å². The van der Waals surface area contributed by atoms with Gasteiger partial charge in [-0.1, -0.05) is 18.2 Å². The van der Waals surface area contributed by atoms with Crippen LogP contribution in [0.25, 0.3) is 0 Å². The minimum absolute atomic E-state index is 0.0709. The Labute approximate surface area is 107 Å². The number of hydrogen-bond donors (Lipinski definition) is 2. The summed E-state index contributed by atoms with van der Waals surface area (Å²) in [6, 6.07) is 6.35. The number of sulfonamides is 1. The van der Waals surface area contributed by atoms with Crippen LogP contribution in [0.15, 0.2) is 24.3 Å². The summed E-state index contributed by atoms with van der Waals surface area (Å²) in [6.45, 7) is 0.705. The Morgan fingerprint density at radius 2 is 1.94 bits per heavy atom. The fourth-order valence-electron chi connectivity index (χ4n) is 1.55. The quantitative estimate of drug-likeness (QED) is 0.695. The van der Waals surface area contributed by atoms with Gasteiger partial charge in [-0.05, 0) is 37.4 Å². The van der Waals surface area contributed by atoms with Gasteiger partial charge in [-0.3, -0.25) is 0 Å². The van der Waals surface area contributed by atoms with E-state index in [-0.39, 0.29) is 18.1 Å². The Bertz CT molecular complexity index is 463. The van der Waals surface area contributed by atoms with Gasteiger partial charge >= 0.3 is 0 Å². The molecule has 1 aromatic carbocycles. The lowest BCUT2D eigenvalue weighted by atomic mass is 10.1. The highest BCUT2D eigenvalue weighted by Crippen LogP contribution is 2.06. The van der Waals surface area contributed by atoms with Crippen LogP contribution in [0.5, 0.6) is 0 Å². The number of rotatable bonds is 8. The molecule has 0 spiro atoms. The van der Waals surface area contributed by atoms with E-state index in [9.17, 15) is 12.8 Å². The van der Waals surface area contributed by atoms with Crippen LogP contribution in [0.2, 0.25) is 0 Å². The molecule has 4 nitrogen and oxygen atoms in total. The van der Waals surface area contributed by atoms with Crippen molar-refractivity contribution < 1.29 is 12.8 Å². The van der Waals surface area contributed by atoms with E-state index in [4.69, 9.17) is 5.73 Å². The van der Waals surface area contributed by atoms with E-state index in [1.54, 1.807) is 18.2 Å².